The molecule has 9 nitrogen and oxygen atoms in total. The molecule has 0 amide bonds. The maximum Gasteiger partial charge on any atom is 0.336 e. The van der Waals surface area contributed by atoms with E-state index in [-0.39, 0.29) is 24.6 Å². The molecule has 184 valence electrons. The highest BCUT2D eigenvalue weighted by Crippen LogP contribution is 2.45. The third-order valence-electron chi connectivity index (χ3n) is 5.80. The van der Waals surface area contributed by atoms with Crippen molar-refractivity contribution in [3.8, 4) is 5.75 Å². The number of carbonyl (C=O) groups is 1. The molecule has 0 spiro atoms. The van der Waals surface area contributed by atoms with Crippen molar-refractivity contribution in [1.82, 2.24) is 0 Å². The van der Waals surface area contributed by atoms with Gasteiger partial charge in [0.05, 0.1) is 6.61 Å². The Labute approximate surface area is 215 Å². The largest absolute Gasteiger partial charge is 0.494 e. The van der Waals surface area contributed by atoms with Crippen molar-refractivity contribution in [3.05, 3.63) is 104 Å². The summed E-state index contributed by atoms with van der Waals surface area (Å²) in [5, 5.41) is 23.2. The normalized spacial score (nSPS) is 18.6. The highest BCUT2D eigenvalue weighted by atomic mass is 79.9. The summed E-state index contributed by atoms with van der Waals surface area (Å²) in [5.41, 5.74) is 9.36. The average molecular weight is 551 g/mol. The quantitative estimate of drug-likeness (QED) is 0.143. The molecule has 36 heavy (non-hydrogen) atoms. The molecule has 0 saturated heterocycles. The average Bonchev–Trinajstić information content (AvgIpc) is 3.27. The lowest BCUT2D eigenvalue weighted by molar-refractivity contribution is -0.146. The van der Waals surface area contributed by atoms with Gasteiger partial charge in [-0.15, -0.1) is 0 Å². The van der Waals surface area contributed by atoms with E-state index in [0.29, 0.717) is 29.9 Å². The van der Waals surface area contributed by atoms with Crippen LogP contribution < -0.4 is 4.74 Å². The molecule has 2 atom stereocenters. The van der Waals surface area contributed by atoms with E-state index in [0.717, 1.165) is 10.0 Å². The fraction of sp³-hybridized carbons (Fsp3) is 0.231. The number of azide groups is 1. The number of aliphatic hydroxyl groups excluding tert-OH is 1. The summed E-state index contributed by atoms with van der Waals surface area (Å²) < 4.78 is 12.6. The van der Waals surface area contributed by atoms with Crippen molar-refractivity contribution >= 4 is 33.5 Å². The van der Waals surface area contributed by atoms with E-state index in [1.807, 2.05) is 24.3 Å². The molecule has 0 radical (unpaired) electrons. The Morgan fingerprint density at radius 1 is 1.14 bits per heavy atom. The zero-order valence-corrected chi connectivity index (χ0v) is 20.7. The number of benzene rings is 3. The van der Waals surface area contributed by atoms with Gasteiger partial charge in [0, 0.05) is 45.6 Å². The molecule has 0 aromatic heterocycles. The van der Waals surface area contributed by atoms with Crippen LogP contribution in [0, 0.1) is 0 Å². The summed E-state index contributed by atoms with van der Waals surface area (Å²) in [5.74, 6) is -0.404. The van der Waals surface area contributed by atoms with Crippen LogP contribution in [0.1, 0.15) is 29.2 Å². The minimum Gasteiger partial charge on any atom is -0.494 e. The summed E-state index contributed by atoms with van der Waals surface area (Å²) in [6.07, 6.45) is -0.510. The van der Waals surface area contributed by atoms with Crippen LogP contribution in [0.3, 0.4) is 0 Å². The SMILES string of the molecule is [N-]=[N+]=Nc1ccccc1[C@H]1OC(c2ccc(OCCCO)cc2)=N[C@@]1(Cc1ccccc1Br)C(=O)O. The fourth-order valence-corrected chi connectivity index (χ4v) is 4.45. The van der Waals surface area contributed by atoms with E-state index in [9.17, 15) is 9.90 Å². The molecular formula is C26H23BrN4O5. The first kappa shape index (κ1) is 25.2. The second kappa shape index (κ2) is 11.3. The first-order valence-electron chi connectivity index (χ1n) is 11.2. The van der Waals surface area contributed by atoms with E-state index in [4.69, 9.17) is 20.1 Å². The van der Waals surface area contributed by atoms with Crippen LogP contribution in [0.15, 0.2) is 87.4 Å². The molecule has 0 saturated carbocycles. The van der Waals surface area contributed by atoms with E-state index in [1.54, 1.807) is 48.5 Å². The Hall–Kier alpha value is -3.85. The smallest absolute Gasteiger partial charge is 0.336 e. The van der Waals surface area contributed by atoms with Crippen LogP contribution >= 0.6 is 15.9 Å². The first-order chi connectivity index (χ1) is 17.5. The van der Waals surface area contributed by atoms with Crippen molar-refractivity contribution in [1.29, 1.82) is 0 Å². The number of rotatable bonds is 10. The fourth-order valence-electron chi connectivity index (χ4n) is 4.03. The van der Waals surface area contributed by atoms with Crippen LogP contribution in [0.25, 0.3) is 10.4 Å². The number of carboxylic acids is 1. The van der Waals surface area contributed by atoms with Gasteiger partial charge in [0.2, 0.25) is 11.4 Å². The molecule has 3 aromatic carbocycles. The minimum absolute atomic E-state index is 0.0326. The van der Waals surface area contributed by atoms with Crippen molar-refractivity contribution < 1.29 is 24.5 Å². The molecule has 0 bridgehead atoms. The van der Waals surface area contributed by atoms with Crippen LogP contribution in [0.4, 0.5) is 5.69 Å². The molecule has 1 aliphatic heterocycles. The van der Waals surface area contributed by atoms with Crippen molar-refractivity contribution in [3.63, 3.8) is 0 Å². The van der Waals surface area contributed by atoms with Gasteiger partial charge in [0.25, 0.3) is 0 Å². The van der Waals surface area contributed by atoms with E-state index in [1.165, 1.54) is 0 Å². The Morgan fingerprint density at radius 3 is 2.56 bits per heavy atom. The van der Waals surface area contributed by atoms with Gasteiger partial charge in [-0.1, -0.05) is 63.5 Å². The van der Waals surface area contributed by atoms with Gasteiger partial charge >= 0.3 is 5.97 Å². The summed E-state index contributed by atoms with van der Waals surface area (Å²) in [4.78, 5) is 20.5. The van der Waals surface area contributed by atoms with Crippen LogP contribution in [-0.2, 0) is 16.0 Å². The van der Waals surface area contributed by atoms with Gasteiger partial charge in [0.1, 0.15) is 5.75 Å². The van der Waals surface area contributed by atoms with Gasteiger partial charge in [0.15, 0.2) is 6.10 Å². The monoisotopic (exact) mass is 550 g/mol. The predicted octanol–water partition coefficient (Wildman–Crippen LogP) is 5.74. The Morgan fingerprint density at radius 2 is 1.86 bits per heavy atom. The number of halogens is 1. The summed E-state index contributed by atoms with van der Waals surface area (Å²) >= 11 is 3.51. The number of nitrogens with zero attached hydrogens (tertiary/aromatic N) is 4. The molecule has 2 N–H and O–H groups in total. The Balaban J connectivity index is 1.79. The summed E-state index contributed by atoms with van der Waals surface area (Å²) in [6.45, 7) is 0.413. The van der Waals surface area contributed by atoms with E-state index < -0.39 is 17.6 Å². The van der Waals surface area contributed by atoms with Gasteiger partial charge in [-0.25, -0.2) is 9.79 Å². The number of aliphatic carboxylic acids is 1. The molecule has 1 heterocycles. The predicted molar refractivity (Wildman–Crippen MR) is 137 cm³/mol. The zero-order chi connectivity index (χ0) is 25.5. The number of aliphatic imine (C=N–C) groups is 1. The maximum atomic E-state index is 12.9. The lowest BCUT2D eigenvalue weighted by Crippen LogP contribution is -2.43. The topological polar surface area (TPSA) is 137 Å². The lowest BCUT2D eigenvalue weighted by atomic mass is 9.82. The molecular weight excluding hydrogens is 528 g/mol. The molecule has 0 aliphatic carbocycles. The Bertz CT molecular complexity index is 1320. The van der Waals surface area contributed by atoms with Crippen molar-refractivity contribution in [2.24, 2.45) is 10.1 Å². The number of carboxylic acid groups (broad SMARTS) is 1. The number of ether oxygens (including phenoxy) is 2. The number of hydrogen-bond donors (Lipinski definition) is 2. The second-order valence-corrected chi connectivity index (χ2v) is 8.97. The minimum atomic E-state index is -1.73. The van der Waals surface area contributed by atoms with Gasteiger partial charge in [-0.2, -0.15) is 0 Å². The van der Waals surface area contributed by atoms with E-state index >= 15 is 0 Å². The van der Waals surface area contributed by atoms with Crippen LogP contribution in [0.5, 0.6) is 5.75 Å². The van der Waals surface area contributed by atoms with Crippen LogP contribution in [-0.4, -0.2) is 40.8 Å². The standard InChI is InChI=1S/C26H23BrN4O5/c27-21-8-3-1-6-18(21)16-26(25(33)34)23(20-7-2-4-9-22(20)30-31-28)36-24(29-26)17-10-12-19(13-11-17)35-15-5-14-32/h1-4,6-13,23,32H,5,14-16H2,(H,33,34)/t23-,26-/m1/s1. The van der Waals surface area contributed by atoms with Crippen LogP contribution in [0.2, 0.25) is 0 Å². The molecule has 0 unspecified atom stereocenters. The van der Waals surface area contributed by atoms with Gasteiger partial charge in [-0.3, -0.25) is 0 Å². The molecule has 10 heteroatoms. The summed E-state index contributed by atoms with van der Waals surface area (Å²) in [6, 6.07) is 21.0. The highest BCUT2D eigenvalue weighted by Gasteiger charge is 2.54. The Kier molecular flexibility index (Phi) is 7.90. The number of hydrogen-bond acceptors (Lipinski definition) is 6. The van der Waals surface area contributed by atoms with Gasteiger partial charge < -0.3 is 19.7 Å². The third kappa shape index (κ3) is 5.21. The molecule has 4 rings (SSSR count). The lowest BCUT2D eigenvalue weighted by Gasteiger charge is -2.29. The van der Waals surface area contributed by atoms with Crippen molar-refractivity contribution in [2.45, 2.75) is 24.5 Å². The first-order valence-corrected chi connectivity index (χ1v) is 12.0. The second-order valence-electron chi connectivity index (χ2n) is 8.11. The molecule has 3 aromatic rings. The third-order valence-corrected chi connectivity index (χ3v) is 6.57. The van der Waals surface area contributed by atoms with E-state index in [2.05, 4.69) is 30.9 Å². The number of aliphatic hydroxyl groups is 1. The zero-order valence-electron chi connectivity index (χ0n) is 19.1. The van der Waals surface area contributed by atoms with Gasteiger partial charge in [-0.05, 0) is 41.4 Å². The summed E-state index contributed by atoms with van der Waals surface area (Å²) in [7, 11) is 0. The maximum absolute atomic E-state index is 12.9. The molecule has 1 aliphatic rings. The highest BCUT2D eigenvalue weighted by molar-refractivity contribution is 9.10. The van der Waals surface area contributed by atoms with Crippen molar-refractivity contribution in [2.75, 3.05) is 13.2 Å². The molecule has 0 fully saturated rings.